The molecule has 2 aromatic rings. The van der Waals surface area contributed by atoms with E-state index in [9.17, 15) is 22.8 Å². The normalized spacial score (nSPS) is 19.6. The lowest BCUT2D eigenvalue weighted by Crippen LogP contribution is -2.47. The highest BCUT2D eigenvalue weighted by atomic mass is 32.2. The van der Waals surface area contributed by atoms with Crippen LogP contribution in [0.5, 0.6) is 0 Å². The number of fused-ring (bicyclic) bond motifs is 1. The molecule has 1 N–H and O–H groups in total. The molecule has 34 heavy (non-hydrogen) atoms. The van der Waals surface area contributed by atoms with Gasteiger partial charge in [-0.1, -0.05) is 24.6 Å². The SMILES string of the molecule is C[C@@H](OC(=O)c1cccc(S(=O)(=O)N2CCCC[C@@H]2C)c1)C(=O)N1CC(=O)Nc2ccccc21. The number of esters is 1. The molecule has 2 aromatic carbocycles. The van der Waals surface area contributed by atoms with Gasteiger partial charge < -0.3 is 10.1 Å². The highest BCUT2D eigenvalue weighted by Crippen LogP contribution is 2.30. The van der Waals surface area contributed by atoms with Crippen molar-refractivity contribution in [2.45, 2.75) is 50.2 Å². The maximum absolute atomic E-state index is 13.1. The average molecular weight is 486 g/mol. The molecule has 2 heterocycles. The molecular weight excluding hydrogens is 458 g/mol. The zero-order valence-corrected chi connectivity index (χ0v) is 19.9. The third-order valence-corrected chi connectivity index (χ3v) is 8.10. The van der Waals surface area contributed by atoms with Gasteiger partial charge >= 0.3 is 5.97 Å². The Labute approximate surface area is 198 Å². The number of hydrogen-bond donors (Lipinski definition) is 1. The van der Waals surface area contributed by atoms with E-state index in [0.717, 1.165) is 19.3 Å². The molecule has 2 aliphatic rings. The number of benzene rings is 2. The van der Waals surface area contributed by atoms with Gasteiger partial charge in [-0.3, -0.25) is 14.5 Å². The largest absolute Gasteiger partial charge is 0.449 e. The van der Waals surface area contributed by atoms with Gasteiger partial charge in [-0.25, -0.2) is 13.2 Å². The van der Waals surface area contributed by atoms with Crippen molar-refractivity contribution in [1.82, 2.24) is 4.31 Å². The maximum Gasteiger partial charge on any atom is 0.338 e. The van der Waals surface area contributed by atoms with E-state index in [1.807, 2.05) is 6.92 Å². The summed E-state index contributed by atoms with van der Waals surface area (Å²) in [6.45, 7) is 3.54. The van der Waals surface area contributed by atoms with Gasteiger partial charge in [0.05, 0.1) is 21.8 Å². The second kappa shape index (κ2) is 9.55. The van der Waals surface area contributed by atoms with Crippen molar-refractivity contribution in [3.63, 3.8) is 0 Å². The van der Waals surface area contributed by atoms with Gasteiger partial charge in [0.15, 0.2) is 6.10 Å². The standard InChI is InChI=1S/C24H27N3O6S/c1-16-8-5-6-13-27(16)34(31,32)19-10-7-9-18(14-19)24(30)33-17(2)23(29)26-15-22(28)25-20-11-3-4-12-21(20)26/h3-4,7,9-12,14,16-17H,5-6,8,13,15H2,1-2H3,(H,25,28)/t16-,17+/m0/s1. The lowest BCUT2D eigenvalue weighted by molar-refractivity contribution is -0.128. The lowest BCUT2D eigenvalue weighted by Gasteiger charge is -2.32. The third kappa shape index (κ3) is 4.69. The maximum atomic E-state index is 13.1. The zero-order valence-electron chi connectivity index (χ0n) is 19.1. The molecule has 10 heteroatoms. The number of sulfonamides is 1. The highest BCUT2D eigenvalue weighted by molar-refractivity contribution is 7.89. The number of anilines is 2. The number of ether oxygens (including phenoxy) is 1. The number of carbonyl (C=O) groups excluding carboxylic acids is 3. The molecule has 1 fully saturated rings. The van der Waals surface area contributed by atoms with E-state index in [4.69, 9.17) is 4.74 Å². The van der Waals surface area contributed by atoms with Crippen LogP contribution in [0.3, 0.4) is 0 Å². The quantitative estimate of drug-likeness (QED) is 0.652. The van der Waals surface area contributed by atoms with Crippen molar-refractivity contribution in [2.24, 2.45) is 0 Å². The fourth-order valence-corrected chi connectivity index (χ4v) is 6.02. The second-order valence-electron chi connectivity index (χ2n) is 8.53. The average Bonchev–Trinajstić information content (AvgIpc) is 2.83. The Morgan fingerprint density at radius 2 is 1.88 bits per heavy atom. The van der Waals surface area contributed by atoms with Gasteiger partial charge in [0.2, 0.25) is 15.9 Å². The monoisotopic (exact) mass is 485 g/mol. The Morgan fingerprint density at radius 3 is 2.65 bits per heavy atom. The third-order valence-electron chi connectivity index (χ3n) is 6.09. The molecule has 1 saturated heterocycles. The van der Waals surface area contributed by atoms with E-state index in [2.05, 4.69) is 5.32 Å². The van der Waals surface area contributed by atoms with Crippen LogP contribution in [0.15, 0.2) is 53.4 Å². The van der Waals surface area contributed by atoms with Crippen molar-refractivity contribution in [3.8, 4) is 0 Å². The molecule has 0 aromatic heterocycles. The Balaban J connectivity index is 1.50. The van der Waals surface area contributed by atoms with Crippen LogP contribution < -0.4 is 10.2 Å². The summed E-state index contributed by atoms with van der Waals surface area (Å²) in [5.74, 6) is -1.73. The minimum Gasteiger partial charge on any atom is -0.449 e. The van der Waals surface area contributed by atoms with Crippen LogP contribution in [0.4, 0.5) is 11.4 Å². The number of carbonyl (C=O) groups is 3. The molecule has 180 valence electrons. The number of nitrogens with one attached hydrogen (secondary N) is 1. The lowest BCUT2D eigenvalue weighted by atomic mass is 10.1. The summed E-state index contributed by atoms with van der Waals surface area (Å²) in [6, 6.07) is 12.4. The molecular formula is C24H27N3O6S. The highest BCUT2D eigenvalue weighted by Gasteiger charge is 2.33. The predicted octanol–water partition coefficient (Wildman–Crippen LogP) is 2.78. The number of nitrogens with zero attached hydrogens (tertiary/aromatic N) is 2. The van der Waals surface area contributed by atoms with Crippen molar-refractivity contribution in [2.75, 3.05) is 23.3 Å². The van der Waals surface area contributed by atoms with Crippen LogP contribution in [-0.4, -0.2) is 55.7 Å². The Morgan fingerprint density at radius 1 is 1.12 bits per heavy atom. The van der Waals surface area contributed by atoms with E-state index in [1.54, 1.807) is 24.3 Å². The smallest absolute Gasteiger partial charge is 0.338 e. The van der Waals surface area contributed by atoms with Crippen LogP contribution in [0, 0.1) is 0 Å². The summed E-state index contributed by atoms with van der Waals surface area (Å²) in [5, 5.41) is 2.70. The summed E-state index contributed by atoms with van der Waals surface area (Å²) >= 11 is 0. The zero-order chi connectivity index (χ0) is 24.5. The summed E-state index contributed by atoms with van der Waals surface area (Å²) in [5.41, 5.74) is 1.04. The van der Waals surface area contributed by atoms with Gasteiger partial charge in [-0.15, -0.1) is 0 Å². The van der Waals surface area contributed by atoms with E-state index < -0.39 is 28.0 Å². The van der Waals surface area contributed by atoms with E-state index in [0.29, 0.717) is 17.9 Å². The summed E-state index contributed by atoms with van der Waals surface area (Å²) < 4.78 is 33.1. The van der Waals surface area contributed by atoms with Gasteiger partial charge in [0.1, 0.15) is 6.54 Å². The van der Waals surface area contributed by atoms with Gasteiger partial charge in [0, 0.05) is 12.6 Å². The minimum absolute atomic E-state index is 0.0105. The molecule has 2 aliphatic heterocycles. The molecule has 0 spiro atoms. The molecule has 0 radical (unpaired) electrons. The van der Waals surface area contributed by atoms with Crippen LogP contribution in [0.1, 0.15) is 43.5 Å². The topological polar surface area (TPSA) is 113 Å². The number of rotatable bonds is 5. The Kier molecular flexibility index (Phi) is 6.72. The number of amides is 2. The second-order valence-corrected chi connectivity index (χ2v) is 10.4. The number of piperidine rings is 1. The van der Waals surface area contributed by atoms with Crippen LogP contribution in [0.2, 0.25) is 0 Å². The summed E-state index contributed by atoms with van der Waals surface area (Å²) in [6.07, 6.45) is 1.38. The molecule has 4 rings (SSSR count). The summed E-state index contributed by atoms with van der Waals surface area (Å²) in [7, 11) is -3.76. The fraction of sp³-hybridized carbons (Fsp3) is 0.375. The van der Waals surface area contributed by atoms with Gasteiger partial charge in [0.25, 0.3) is 5.91 Å². The molecule has 0 saturated carbocycles. The van der Waals surface area contributed by atoms with Gasteiger partial charge in [-0.05, 0) is 57.0 Å². The molecule has 0 aliphatic carbocycles. The Hall–Kier alpha value is -3.24. The first kappa shape index (κ1) is 23.9. The number of para-hydroxylation sites is 2. The van der Waals surface area contributed by atoms with Crippen LogP contribution >= 0.6 is 0 Å². The van der Waals surface area contributed by atoms with Crippen LogP contribution in [-0.2, 0) is 24.3 Å². The van der Waals surface area contributed by atoms with E-state index in [1.165, 1.54) is 40.4 Å². The minimum atomic E-state index is -3.76. The van der Waals surface area contributed by atoms with Crippen molar-refractivity contribution in [3.05, 3.63) is 54.1 Å². The Bertz CT molecular complexity index is 1230. The van der Waals surface area contributed by atoms with Crippen molar-refractivity contribution in [1.29, 1.82) is 0 Å². The molecule has 2 amide bonds. The van der Waals surface area contributed by atoms with Gasteiger partial charge in [-0.2, -0.15) is 4.31 Å². The first-order valence-electron chi connectivity index (χ1n) is 11.2. The van der Waals surface area contributed by atoms with Crippen molar-refractivity contribution >= 4 is 39.2 Å². The van der Waals surface area contributed by atoms with Crippen LogP contribution in [0.25, 0.3) is 0 Å². The summed E-state index contributed by atoms with van der Waals surface area (Å²) in [4.78, 5) is 39.1. The van der Waals surface area contributed by atoms with E-state index in [-0.39, 0.29) is 29.0 Å². The van der Waals surface area contributed by atoms with E-state index >= 15 is 0 Å². The fourth-order valence-electron chi connectivity index (χ4n) is 4.28. The molecule has 0 bridgehead atoms. The first-order valence-corrected chi connectivity index (χ1v) is 12.7. The predicted molar refractivity (Wildman–Crippen MR) is 126 cm³/mol. The first-order chi connectivity index (χ1) is 16.2. The number of hydrogen-bond acceptors (Lipinski definition) is 6. The molecule has 0 unspecified atom stereocenters. The van der Waals surface area contributed by atoms with Crippen molar-refractivity contribution < 1.29 is 27.5 Å². The molecule has 9 nitrogen and oxygen atoms in total. The molecule has 2 atom stereocenters.